The topological polar surface area (TPSA) is 89.3 Å². The molecule has 1 amide bonds. The highest BCUT2D eigenvalue weighted by molar-refractivity contribution is 7.89. The summed E-state index contributed by atoms with van der Waals surface area (Å²) in [4.78, 5) is 11.7. The molecular formula is C11H18N3O3S+. The van der Waals surface area contributed by atoms with Crippen LogP contribution in [0.15, 0.2) is 29.2 Å². The van der Waals surface area contributed by atoms with Crippen molar-refractivity contribution >= 4 is 21.6 Å². The highest BCUT2D eigenvalue weighted by atomic mass is 32.2. The smallest absolute Gasteiger partial charge is 0.279 e. The van der Waals surface area contributed by atoms with E-state index in [0.29, 0.717) is 16.7 Å². The summed E-state index contributed by atoms with van der Waals surface area (Å²) >= 11 is 0. The van der Waals surface area contributed by atoms with Gasteiger partial charge < -0.3 is 9.80 Å². The van der Waals surface area contributed by atoms with E-state index in [2.05, 4.69) is 5.32 Å². The third kappa shape index (κ3) is 4.82. The van der Waals surface area contributed by atoms with E-state index >= 15 is 0 Å². The minimum atomic E-state index is -3.69. The lowest BCUT2D eigenvalue weighted by Gasteiger charge is -2.22. The molecule has 6 nitrogen and oxygen atoms in total. The summed E-state index contributed by atoms with van der Waals surface area (Å²) in [5.41, 5.74) is 0.542. The van der Waals surface area contributed by atoms with Crippen molar-refractivity contribution in [2.24, 2.45) is 5.14 Å². The molecule has 0 radical (unpaired) electrons. The molecule has 0 heterocycles. The molecule has 1 aromatic rings. The Bertz CT molecular complexity index is 530. The van der Waals surface area contributed by atoms with Gasteiger partial charge in [0.2, 0.25) is 10.0 Å². The third-order valence-electron chi connectivity index (χ3n) is 2.08. The highest BCUT2D eigenvalue weighted by Gasteiger charge is 2.14. The molecule has 0 fully saturated rings. The SMILES string of the molecule is C[N+](C)(C)CC(=O)Nc1ccc(S(N)(=O)=O)cc1. The van der Waals surface area contributed by atoms with Gasteiger partial charge in [-0.1, -0.05) is 0 Å². The molecule has 0 atom stereocenters. The van der Waals surface area contributed by atoms with Gasteiger partial charge in [-0.05, 0) is 24.3 Å². The molecule has 100 valence electrons. The van der Waals surface area contributed by atoms with E-state index in [0.717, 1.165) is 0 Å². The molecule has 0 bridgehead atoms. The normalized spacial score (nSPS) is 12.2. The molecule has 0 aliphatic rings. The fourth-order valence-corrected chi connectivity index (χ4v) is 1.87. The van der Waals surface area contributed by atoms with Crippen molar-refractivity contribution < 1.29 is 17.7 Å². The number of rotatable bonds is 4. The molecule has 1 rings (SSSR count). The van der Waals surface area contributed by atoms with Gasteiger partial charge in [-0.15, -0.1) is 0 Å². The molecule has 18 heavy (non-hydrogen) atoms. The molecule has 0 unspecified atom stereocenters. The summed E-state index contributed by atoms with van der Waals surface area (Å²) in [5.74, 6) is -0.133. The van der Waals surface area contributed by atoms with Crippen molar-refractivity contribution in [3.63, 3.8) is 0 Å². The molecule has 1 aromatic carbocycles. The number of carbonyl (C=O) groups excluding carboxylic acids is 1. The summed E-state index contributed by atoms with van der Waals surface area (Å²) in [6.45, 7) is 0.330. The Balaban J connectivity index is 2.73. The van der Waals surface area contributed by atoms with E-state index in [4.69, 9.17) is 5.14 Å². The summed E-state index contributed by atoms with van der Waals surface area (Å²) in [6, 6.07) is 5.73. The quantitative estimate of drug-likeness (QED) is 0.755. The van der Waals surface area contributed by atoms with Crippen LogP contribution in [0.1, 0.15) is 0 Å². The maximum atomic E-state index is 11.6. The second-order valence-corrected chi connectivity index (χ2v) is 6.63. The fourth-order valence-electron chi connectivity index (χ4n) is 1.36. The Kier molecular flexibility index (Phi) is 4.10. The Hall–Kier alpha value is -1.44. The number of nitrogens with one attached hydrogen (secondary N) is 1. The highest BCUT2D eigenvalue weighted by Crippen LogP contribution is 2.12. The van der Waals surface area contributed by atoms with Crippen LogP contribution in [0, 0.1) is 0 Å². The number of anilines is 1. The second-order valence-electron chi connectivity index (χ2n) is 5.07. The number of likely N-dealkylation sites (N-methyl/N-ethyl adjacent to an activating group) is 1. The van der Waals surface area contributed by atoms with Crippen molar-refractivity contribution in [2.75, 3.05) is 33.0 Å². The van der Waals surface area contributed by atoms with Crippen LogP contribution in [0.4, 0.5) is 5.69 Å². The average Bonchev–Trinajstić information content (AvgIpc) is 2.13. The van der Waals surface area contributed by atoms with Gasteiger partial charge in [0.05, 0.1) is 26.0 Å². The van der Waals surface area contributed by atoms with E-state index in [-0.39, 0.29) is 10.8 Å². The lowest BCUT2D eigenvalue weighted by Crippen LogP contribution is -2.41. The van der Waals surface area contributed by atoms with Gasteiger partial charge in [0.15, 0.2) is 6.54 Å². The Morgan fingerprint density at radius 1 is 1.22 bits per heavy atom. The molecule has 0 saturated carbocycles. The summed E-state index contributed by atoms with van der Waals surface area (Å²) < 4.78 is 22.6. The molecular weight excluding hydrogens is 254 g/mol. The average molecular weight is 272 g/mol. The number of primary sulfonamides is 1. The predicted molar refractivity (Wildman–Crippen MR) is 69.3 cm³/mol. The van der Waals surface area contributed by atoms with Gasteiger partial charge in [0.1, 0.15) is 0 Å². The van der Waals surface area contributed by atoms with Gasteiger partial charge in [0.25, 0.3) is 5.91 Å². The van der Waals surface area contributed by atoms with Crippen LogP contribution in [-0.4, -0.2) is 46.5 Å². The van der Waals surface area contributed by atoms with Gasteiger partial charge in [-0.3, -0.25) is 4.79 Å². The molecule has 0 spiro atoms. The van der Waals surface area contributed by atoms with Crippen molar-refractivity contribution in [3.8, 4) is 0 Å². The van der Waals surface area contributed by atoms with Crippen LogP contribution in [0.5, 0.6) is 0 Å². The minimum absolute atomic E-state index is 0.0205. The zero-order valence-electron chi connectivity index (χ0n) is 10.7. The lowest BCUT2D eigenvalue weighted by molar-refractivity contribution is -0.861. The standard InChI is InChI=1S/C11H17N3O3S/c1-14(2,3)8-11(15)13-9-4-6-10(7-5-9)18(12,16)17/h4-7H,8H2,1-3H3,(H2-,12,13,15,16,17)/p+1. The van der Waals surface area contributed by atoms with Crippen molar-refractivity contribution in [1.82, 2.24) is 0 Å². The van der Waals surface area contributed by atoms with Crippen LogP contribution in [0.25, 0.3) is 0 Å². The van der Waals surface area contributed by atoms with Crippen molar-refractivity contribution in [1.29, 1.82) is 0 Å². The number of carbonyl (C=O) groups is 1. The van der Waals surface area contributed by atoms with E-state index in [1.165, 1.54) is 24.3 Å². The first-order chi connectivity index (χ1) is 8.08. The number of benzene rings is 1. The van der Waals surface area contributed by atoms with E-state index in [1.54, 1.807) is 0 Å². The van der Waals surface area contributed by atoms with E-state index in [1.807, 2.05) is 21.1 Å². The number of sulfonamides is 1. The first-order valence-electron chi connectivity index (χ1n) is 5.31. The number of nitrogens with two attached hydrogens (primary N) is 1. The maximum Gasteiger partial charge on any atom is 0.279 e. The van der Waals surface area contributed by atoms with E-state index < -0.39 is 10.0 Å². The van der Waals surface area contributed by atoms with Gasteiger partial charge in [0, 0.05) is 5.69 Å². The zero-order chi connectivity index (χ0) is 14.0. The number of hydrogen-bond acceptors (Lipinski definition) is 3. The van der Waals surface area contributed by atoms with Gasteiger partial charge in [-0.25, -0.2) is 13.6 Å². The second kappa shape index (κ2) is 5.05. The minimum Gasteiger partial charge on any atom is -0.323 e. The Morgan fingerprint density at radius 3 is 2.11 bits per heavy atom. The first-order valence-corrected chi connectivity index (χ1v) is 6.86. The monoisotopic (exact) mass is 272 g/mol. The molecule has 3 N–H and O–H groups in total. The number of nitrogens with zero attached hydrogens (tertiary/aromatic N) is 1. The van der Waals surface area contributed by atoms with Crippen LogP contribution in [0.2, 0.25) is 0 Å². The molecule has 0 aliphatic heterocycles. The molecule has 0 aromatic heterocycles. The Morgan fingerprint density at radius 2 is 1.72 bits per heavy atom. The fraction of sp³-hybridized carbons (Fsp3) is 0.364. The largest absolute Gasteiger partial charge is 0.323 e. The van der Waals surface area contributed by atoms with Crippen LogP contribution in [0.3, 0.4) is 0 Å². The first kappa shape index (κ1) is 14.6. The number of quaternary nitrogens is 1. The van der Waals surface area contributed by atoms with Crippen molar-refractivity contribution in [2.45, 2.75) is 4.90 Å². The van der Waals surface area contributed by atoms with Gasteiger partial charge in [-0.2, -0.15) is 0 Å². The summed E-state index contributed by atoms with van der Waals surface area (Å²) in [5, 5.41) is 7.66. The lowest BCUT2D eigenvalue weighted by atomic mass is 10.3. The summed E-state index contributed by atoms with van der Waals surface area (Å²) in [7, 11) is 2.03. The molecule has 0 aliphatic carbocycles. The maximum absolute atomic E-state index is 11.6. The summed E-state index contributed by atoms with van der Waals surface area (Å²) in [6.07, 6.45) is 0. The van der Waals surface area contributed by atoms with Crippen LogP contribution >= 0.6 is 0 Å². The van der Waals surface area contributed by atoms with Crippen LogP contribution in [-0.2, 0) is 14.8 Å². The molecule has 7 heteroatoms. The van der Waals surface area contributed by atoms with Crippen molar-refractivity contribution in [3.05, 3.63) is 24.3 Å². The Labute approximate surface area is 107 Å². The number of amides is 1. The third-order valence-corrected chi connectivity index (χ3v) is 3.01. The van der Waals surface area contributed by atoms with E-state index in [9.17, 15) is 13.2 Å². The molecule has 0 saturated heterocycles. The number of hydrogen-bond donors (Lipinski definition) is 2. The van der Waals surface area contributed by atoms with Crippen LogP contribution < -0.4 is 10.5 Å². The predicted octanol–water partition coefficient (Wildman–Crippen LogP) is -0.0213. The van der Waals surface area contributed by atoms with Gasteiger partial charge >= 0.3 is 0 Å². The zero-order valence-corrected chi connectivity index (χ0v) is 11.5.